The quantitative estimate of drug-likeness (QED) is 0.913. The van der Waals surface area contributed by atoms with E-state index in [-0.39, 0.29) is 6.61 Å². The molecule has 0 aliphatic carbocycles. The molecule has 1 saturated heterocycles. The van der Waals surface area contributed by atoms with Crippen LogP contribution in [0.3, 0.4) is 0 Å². The molecule has 0 spiro atoms. The van der Waals surface area contributed by atoms with Gasteiger partial charge in [0.05, 0.1) is 6.61 Å². The maximum Gasteiger partial charge on any atom is 0.244 e. The van der Waals surface area contributed by atoms with Gasteiger partial charge in [-0.1, -0.05) is 12.8 Å². The summed E-state index contributed by atoms with van der Waals surface area (Å²) in [5, 5.41) is 9.25. The molecule has 0 amide bonds. The Morgan fingerprint density at radius 1 is 1.21 bits per heavy atom. The van der Waals surface area contributed by atoms with Crippen molar-refractivity contribution < 1.29 is 13.5 Å². The molecule has 19 heavy (non-hydrogen) atoms. The summed E-state index contributed by atoms with van der Waals surface area (Å²) in [5.74, 6) is 0. The fourth-order valence-corrected chi connectivity index (χ4v) is 4.11. The van der Waals surface area contributed by atoms with Gasteiger partial charge in [-0.05, 0) is 25.8 Å². The normalized spacial score (nSPS) is 18.4. The standard InChI is InChI=1S/C13H22N2O3S/c1-2-14-10-13(9-12(14)11-16)19(17,18)15-7-5-3-4-6-8-15/h9-10,16H,2-8,11H2,1H3. The molecule has 0 radical (unpaired) electrons. The van der Waals surface area contributed by atoms with Crippen LogP contribution >= 0.6 is 0 Å². The van der Waals surface area contributed by atoms with E-state index in [1.165, 1.54) is 0 Å². The molecule has 0 bridgehead atoms. The number of sulfonamides is 1. The number of aromatic nitrogens is 1. The van der Waals surface area contributed by atoms with Gasteiger partial charge in [-0.3, -0.25) is 0 Å². The molecule has 2 heterocycles. The third-order valence-corrected chi connectivity index (χ3v) is 5.53. The molecule has 0 unspecified atom stereocenters. The van der Waals surface area contributed by atoms with E-state index in [2.05, 4.69) is 0 Å². The van der Waals surface area contributed by atoms with Crippen molar-refractivity contribution in [3.63, 3.8) is 0 Å². The van der Waals surface area contributed by atoms with E-state index in [9.17, 15) is 13.5 Å². The fraction of sp³-hybridized carbons (Fsp3) is 0.692. The molecule has 108 valence electrons. The maximum absolute atomic E-state index is 12.6. The largest absolute Gasteiger partial charge is 0.390 e. The fourth-order valence-electron chi connectivity index (χ4n) is 2.52. The van der Waals surface area contributed by atoms with Crippen LogP contribution in [0.1, 0.15) is 38.3 Å². The zero-order valence-corrected chi connectivity index (χ0v) is 12.2. The minimum absolute atomic E-state index is 0.136. The summed E-state index contributed by atoms with van der Waals surface area (Å²) in [7, 11) is -3.41. The van der Waals surface area contributed by atoms with Gasteiger partial charge in [0.1, 0.15) is 4.90 Å². The first-order valence-electron chi connectivity index (χ1n) is 6.89. The lowest BCUT2D eigenvalue weighted by atomic mass is 10.2. The van der Waals surface area contributed by atoms with E-state index >= 15 is 0 Å². The Morgan fingerprint density at radius 3 is 2.32 bits per heavy atom. The lowest BCUT2D eigenvalue weighted by Gasteiger charge is -2.18. The average Bonchev–Trinajstić information content (AvgIpc) is 2.63. The Bertz CT molecular complexity index is 492. The molecule has 1 N–H and O–H groups in total. The molecular weight excluding hydrogens is 264 g/mol. The van der Waals surface area contributed by atoms with Gasteiger partial charge in [-0.25, -0.2) is 8.42 Å². The number of aryl methyl sites for hydroxylation is 1. The van der Waals surface area contributed by atoms with Crippen molar-refractivity contribution in [3.8, 4) is 0 Å². The Labute approximate surface area is 114 Å². The van der Waals surface area contributed by atoms with E-state index in [1.54, 1.807) is 21.1 Å². The number of nitrogens with zero attached hydrogens (tertiary/aromatic N) is 2. The van der Waals surface area contributed by atoms with Gasteiger partial charge in [0.2, 0.25) is 10.0 Å². The summed E-state index contributed by atoms with van der Waals surface area (Å²) < 4.78 is 28.5. The van der Waals surface area contributed by atoms with Crippen molar-refractivity contribution in [1.82, 2.24) is 8.87 Å². The van der Waals surface area contributed by atoms with Gasteiger partial charge in [0.15, 0.2) is 0 Å². The zero-order chi connectivity index (χ0) is 13.9. The smallest absolute Gasteiger partial charge is 0.244 e. The van der Waals surface area contributed by atoms with Crippen molar-refractivity contribution in [2.75, 3.05) is 13.1 Å². The van der Waals surface area contributed by atoms with E-state index in [1.807, 2.05) is 6.92 Å². The van der Waals surface area contributed by atoms with Crippen LogP contribution in [0.4, 0.5) is 0 Å². The van der Waals surface area contributed by atoms with Gasteiger partial charge < -0.3 is 9.67 Å². The second-order valence-corrected chi connectivity index (χ2v) is 6.87. The van der Waals surface area contributed by atoms with Crippen LogP contribution in [0, 0.1) is 0 Å². The van der Waals surface area contributed by atoms with E-state index < -0.39 is 10.0 Å². The van der Waals surface area contributed by atoms with Crippen LogP contribution in [0.5, 0.6) is 0 Å². The Morgan fingerprint density at radius 2 is 1.84 bits per heavy atom. The Kier molecular flexibility index (Phi) is 4.65. The molecule has 1 aliphatic rings. The second-order valence-electron chi connectivity index (χ2n) is 4.93. The predicted octanol–water partition coefficient (Wildman–Crippen LogP) is 1.56. The number of rotatable bonds is 4. The molecule has 0 atom stereocenters. The number of aliphatic hydroxyl groups is 1. The third kappa shape index (κ3) is 3.01. The third-order valence-electron chi connectivity index (χ3n) is 3.67. The summed E-state index contributed by atoms with van der Waals surface area (Å²) in [6.07, 6.45) is 5.70. The van der Waals surface area contributed by atoms with E-state index in [4.69, 9.17) is 0 Å². The van der Waals surface area contributed by atoms with E-state index in [0.717, 1.165) is 25.7 Å². The highest BCUT2D eigenvalue weighted by Gasteiger charge is 2.26. The van der Waals surface area contributed by atoms with Crippen LogP contribution in [-0.2, 0) is 23.2 Å². The first-order valence-corrected chi connectivity index (χ1v) is 8.33. The molecular formula is C13H22N2O3S. The van der Waals surface area contributed by atoms with Crippen molar-refractivity contribution in [1.29, 1.82) is 0 Å². The maximum atomic E-state index is 12.6. The first-order chi connectivity index (χ1) is 9.09. The monoisotopic (exact) mass is 286 g/mol. The van der Waals surface area contributed by atoms with Crippen molar-refractivity contribution in [2.45, 2.75) is 50.7 Å². The summed E-state index contributed by atoms with van der Waals surface area (Å²) in [5.41, 5.74) is 0.649. The predicted molar refractivity (Wildman–Crippen MR) is 73.3 cm³/mol. The van der Waals surface area contributed by atoms with Crippen LogP contribution in [0.25, 0.3) is 0 Å². The first kappa shape index (κ1) is 14.6. The molecule has 1 fully saturated rings. The highest BCUT2D eigenvalue weighted by Crippen LogP contribution is 2.22. The number of hydrogen-bond donors (Lipinski definition) is 1. The zero-order valence-electron chi connectivity index (χ0n) is 11.4. The summed E-state index contributed by atoms with van der Waals surface area (Å²) in [6.45, 7) is 3.67. The van der Waals surface area contributed by atoms with Gasteiger partial charge in [-0.2, -0.15) is 4.31 Å². The van der Waals surface area contributed by atoms with Crippen LogP contribution in [-0.4, -0.2) is 35.5 Å². The summed E-state index contributed by atoms with van der Waals surface area (Å²) in [4.78, 5) is 0.306. The Hall–Kier alpha value is -0.850. The van der Waals surface area contributed by atoms with Gasteiger partial charge >= 0.3 is 0 Å². The highest BCUT2D eigenvalue weighted by atomic mass is 32.2. The van der Waals surface area contributed by atoms with Gasteiger partial charge in [0.25, 0.3) is 0 Å². The molecule has 0 saturated carbocycles. The molecule has 5 nitrogen and oxygen atoms in total. The molecule has 0 aromatic carbocycles. The lowest BCUT2D eigenvalue weighted by Crippen LogP contribution is -2.31. The molecule has 1 aliphatic heterocycles. The van der Waals surface area contributed by atoms with Crippen molar-refractivity contribution >= 4 is 10.0 Å². The highest BCUT2D eigenvalue weighted by molar-refractivity contribution is 7.89. The van der Waals surface area contributed by atoms with E-state index in [0.29, 0.717) is 30.2 Å². The SMILES string of the molecule is CCn1cc(S(=O)(=O)N2CCCCCC2)cc1CO. The lowest BCUT2D eigenvalue weighted by molar-refractivity contribution is 0.271. The van der Waals surface area contributed by atoms with Gasteiger partial charge in [0, 0.05) is 31.5 Å². The minimum Gasteiger partial charge on any atom is -0.390 e. The second kappa shape index (κ2) is 6.07. The molecule has 1 aromatic heterocycles. The van der Waals surface area contributed by atoms with Crippen molar-refractivity contribution in [2.24, 2.45) is 0 Å². The van der Waals surface area contributed by atoms with Crippen LogP contribution in [0.2, 0.25) is 0 Å². The molecule has 1 aromatic rings. The van der Waals surface area contributed by atoms with Crippen molar-refractivity contribution in [3.05, 3.63) is 18.0 Å². The number of aliphatic hydroxyl groups excluding tert-OH is 1. The Balaban J connectivity index is 2.30. The van der Waals surface area contributed by atoms with Gasteiger partial charge in [-0.15, -0.1) is 0 Å². The van der Waals surface area contributed by atoms with Crippen LogP contribution < -0.4 is 0 Å². The minimum atomic E-state index is -3.41. The summed E-state index contributed by atoms with van der Waals surface area (Å²) in [6, 6.07) is 1.59. The topological polar surface area (TPSA) is 62.5 Å². The molecule has 6 heteroatoms. The summed E-state index contributed by atoms with van der Waals surface area (Å²) >= 11 is 0. The average molecular weight is 286 g/mol. The number of hydrogen-bond acceptors (Lipinski definition) is 3. The van der Waals surface area contributed by atoms with Crippen LogP contribution in [0.15, 0.2) is 17.2 Å². The molecule has 2 rings (SSSR count).